The van der Waals surface area contributed by atoms with Gasteiger partial charge in [0.1, 0.15) is 17.6 Å². The topological polar surface area (TPSA) is 32.8 Å². The largest absolute Gasteiger partial charge is 0.493 e. The third-order valence-corrected chi connectivity index (χ3v) is 8.18. The molecule has 0 radical (unpaired) electrons. The Morgan fingerprint density at radius 3 is 2.16 bits per heavy atom. The number of benzene rings is 2. The van der Waals surface area contributed by atoms with Gasteiger partial charge in [0.05, 0.1) is 12.2 Å². The number of carbonyl (C=O) groups is 1. The second-order valence-electron chi connectivity index (χ2n) is 10.6. The molecule has 1 amide bonds. The van der Waals surface area contributed by atoms with Crippen molar-refractivity contribution in [3.8, 4) is 5.75 Å². The number of halogens is 6. The zero-order chi connectivity index (χ0) is 27.0. The number of amides is 1. The number of ether oxygens (including phenoxy) is 1. The summed E-state index contributed by atoms with van der Waals surface area (Å²) in [4.78, 5) is 15.9. The standard InChI is InChI=1S/C28H30Cl2F4N2O2/c29-20-11-19(12-21(30)13-20)26(28(32,33)34)35-9-5-17(6-10-35)16-38-25-15-24(31)23(14-22(25)18-3-4-18)27(37)36-7-1-2-8-36/h11-15,17-18,26H,1-10,16H2/t26-/m1/s1. The molecule has 2 aromatic rings. The van der Waals surface area contributed by atoms with E-state index >= 15 is 0 Å². The minimum absolute atomic E-state index is 0.0258. The Labute approximate surface area is 229 Å². The van der Waals surface area contributed by atoms with E-state index in [0.29, 0.717) is 31.7 Å². The van der Waals surface area contributed by atoms with Gasteiger partial charge in [-0.25, -0.2) is 4.39 Å². The van der Waals surface area contributed by atoms with Crippen molar-refractivity contribution in [3.05, 3.63) is 62.9 Å². The van der Waals surface area contributed by atoms with Gasteiger partial charge in [-0.2, -0.15) is 13.2 Å². The monoisotopic (exact) mass is 572 g/mol. The highest BCUT2D eigenvalue weighted by atomic mass is 35.5. The van der Waals surface area contributed by atoms with Crippen LogP contribution in [0.5, 0.6) is 5.75 Å². The van der Waals surface area contributed by atoms with Gasteiger partial charge in [-0.3, -0.25) is 9.69 Å². The molecule has 2 aromatic carbocycles. The molecule has 2 saturated heterocycles. The lowest BCUT2D eigenvalue weighted by Crippen LogP contribution is -2.43. The summed E-state index contributed by atoms with van der Waals surface area (Å²) < 4.78 is 63.2. The zero-order valence-electron chi connectivity index (χ0n) is 20.9. The average molecular weight is 573 g/mol. The highest BCUT2D eigenvalue weighted by molar-refractivity contribution is 6.34. The summed E-state index contributed by atoms with van der Waals surface area (Å²) in [5.41, 5.74) is 0.966. The molecule has 0 spiro atoms. The molecule has 2 heterocycles. The van der Waals surface area contributed by atoms with E-state index < -0.39 is 18.0 Å². The molecule has 1 atom stereocenters. The number of nitrogens with zero attached hydrogens (tertiary/aromatic N) is 2. The average Bonchev–Trinajstić information content (AvgIpc) is 3.54. The summed E-state index contributed by atoms with van der Waals surface area (Å²) in [6.45, 7) is 2.04. The van der Waals surface area contributed by atoms with E-state index in [1.54, 1.807) is 11.0 Å². The Kier molecular flexibility index (Phi) is 8.13. The summed E-state index contributed by atoms with van der Waals surface area (Å²) in [5.74, 6) is -0.156. The molecular formula is C28H30Cl2F4N2O2. The van der Waals surface area contributed by atoms with E-state index in [2.05, 4.69) is 0 Å². The molecule has 3 aliphatic rings. The van der Waals surface area contributed by atoms with E-state index in [4.69, 9.17) is 27.9 Å². The molecule has 1 saturated carbocycles. The van der Waals surface area contributed by atoms with Crippen molar-refractivity contribution >= 4 is 29.1 Å². The van der Waals surface area contributed by atoms with Crippen LogP contribution in [0.1, 0.15) is 72.0 Å². The first-order chi connectivity index (χ1) is 18.1. The highest BCUT2D eigenvalue weighted by Crippen LogP contribution is 2.46. The van der Waals surface area contributed by atoms with E-state index in [0.717, 1.165) is 31.2 Å². The second kappa shape index (κ2) is 11.2. The molecule has 2 aliphatic heterocycles. The molecule has 38 heavy (non-hydrogen) atoms. The molecule has 4 nitrogen and oxygen atoms in total. The summed E-state index contributed by atoms with van der Waals surface area (Å²) >= 11 is 12.0. The van der Waals surface area contributed by atoms with E-state index in [1.807, 2.05) is 0 Å². The van der Waals surface area contributed by atoms with Crippen LogP contribution < -0.4 is 4.74 Å². The maximum absolute atomic E-state index is 15.0. The lowest BCUT2D eigenvalue weighted by atomic mass is 9.94. The Morgan fingerprint density at radius 2 is 1.58 bits per heavy atom. The van der Waals surface area contributed by atoms with Gasteiger partial charge >= 0.3 is 6.18 Å². The zero-order valence-corrected chi connectivity index (χ0v) is 22.4. The summed E-state index contributed by atoms with van der Waals surface area (Å²) in [6.07, 6.45) is 0.316. The fourth-order valence-electron chi connectivity index (χ4n) is 5.59. The summed E-state index contributed by atoms with van der Waals surface area (Å²) in [7, 11) is 0. The van der Waals surface area contributed by atoms with Gasteiger partial charge in [0, 0.05) is 29.2 Å². The second-order valence-corrected chi connectivity index (χ2v) is 11.5. The third kappa shape index (κ3) is 6.23. The lowest BCUT2D eigenvalue weighted by Gasteiger charge is -2.38. The fourth-order valence-corrected chi connectivity index (χ4v) is 6.13. The molecule has 3 fully saturated rings. The highest BCUT2D eigenvalue weighted by Gasteiger charge is 2.45. The lowest BCUT2D eigenvalue weighted by molar-refractivity contribution is -0.190. The first-order valence-corrected chi connectivity index (χ1v) is 13.9. The molecule has 206 valence electrons. The smallest absolute Gasteiger partial charge is 0.408 e. The predicted octanol–water partition coefficient (Wildman–Crippen LogP) is 7.64. The summed E-state index contributed by atoms with van der Waals surface area (Å²) in [6, 6.07) is 5.21. The van der Waals surface area contributed by atoms with Gasteiger partial charge in [-0.15, -0.1) is 0 Å². The minimum Gasteiger partial charge on any atom is -0.493 e. The molecule has 1 aliphatic carbocycles. The fraction of sp³-hybridized carbons (Fsp3) is 0.536. The number of piperidine rings is 1. The van der Waals surface area contributed by atoms with Crippen LogP contribution in [0.25, 0.3) is 0 Å². The Balaban J connectivity index is 1.24. The molecule has 0 aromatic heterocycles. The van der Waals surface area contributed by atoms with Gasteiger partial charge in [-0.1, -0.05) is 23.2 Å². The maximum atomic E-state index is 15.0. The van der Waals surface area contributed by atoms with Gasteiger partial charge in [-0.05, 0) is 98.8 Å². The van der Waals surface area contributed by atoms with E-state index in [9.17, 15) is 22.4 Å². The number of carbonyl (C=O) groups excluding carboxylic acids is 1. The quantitative estimate of drug-likeness (QED) is 0.319. The van der Waals surface area contributed by atoms with Gasteiger partial charge in [0.15, 0.2) is 0 Å². The molecule has 0 N–H and O–H groups in total. The van der Waals surface area contributed by atoms with Crippen LogP contribution >= 0.6 is 23.2 Å². The summed E-state index contributed by atoms with van der Waals surface area (Å²) in [5, 5.41) is 0.328. The van der Waals surface area contributed by atoms with Crippen LogP contribution in [0, 0.1) is 11.7 Å². The van der Waals surface area contributed by atoms with Crippen molar-refractivity contribution in [3.63, 3.8) is 0 Å². The predicted molar refractivity (Wildman–Crippen MR) is 139 cm³/mol. The molecule has 5 rings (SSSR count). The van der Waals surface area contributed by atoms with Crippen LogP contribution in [-0.2, 0) is 0 Å². The first-order valence-electron chi connectivity index (χ1n) is 13.1. The number of likely N-dealkylation sites (tertiary alicyclic amines) is 2. The first kappa shape index (κ1) is 27.5. The number of hydrogen-bond donors (Lipinski definition) is 0. The maximum Gasteiger partial charge on any atom is 0.408 e. The van der Waals surface area contributed by atoms with Crippen molar-refractivity contribution in [2.45, 2.75) is 56.7 Å². The Bertz CT molecular complexity index is 1150. The van der Waals surface area contributed by atoms with Gasteiger partial charge < -0.3 is 9.64 Å². The Morgan fingerprint density at radius 1 is 0.947 bits per heavy atom. The third-order valence-electron chi connectivity index (χ3n) is 7.74. The van der Waals surface area contributed by atoms with Crippen LogP contribution in [-0.4, -0.2) is 54.7 Å². The van der Waals surface area contributed by atoms with Crippen molar-refractivity contribution in [1.29, 1.82) is 0 Å². The van der Waals surface area contributed by atoms with Crippen LogP contribution in [0.2, 0.25) is 10.0 Å². The van der Waals surface area contributed by atoms with Crippen molar-refractivity contribution in [2.24, 2.45) is 5.92 Å². The van der Waals surface area contributed by atoms with E-state index in [1.165, 1.54) is 29.2 Å². The van der Waals surface area contributed by atoms with Crippen LogP contribution in [0.15, 0.2) is 30.3 Å². The van der Waals surface area contributed by atoms with E-state index in [-0.39, 0.29) is 58.6 Å². The van der Waals surface area contributed by atoms with Crippen molar-refractivity contribution in [2.75, 3.05) is 32.8 Å². The van der Waals surface area contributed by atoms with Crippen LogP contribution in [0.4, 0.5) is 17.6 Å². The number of rotatable bonds is 7. The molecular weight excluding hydrogens is 543 g/mol. The minimum atomic E-state index is -4.48. The number of hydrogen-bond acceptors (Lipinski definition) is 3. The molecule has 0 unspecified atom stereocenters. The Hall–Kier alpha value is -2.03. The SMILES string of the molecule is O=C(c1cc(C2CC2)c(OCC2CCN([C@H](c3cc(Cl)cc(Cl)c3)C(F)(F)F)CC2)cc1F)N1CCCC1. The number of alkyl halides is 3. The molecule has 10 heteroatoms. The van der Waals surface area contributed by atoms with Crippen molar-refractivity contribution in [1.82, 2.24) is 9.80 Å². The normalized spacial score (nSPS) is 20.1. The van der Waals surface area contributed by atoms with Crippen molar-refractivity contribution < 1.29 is 27.1 Å². The molecule has 0 bridgehead atoms. The van der Waals surface area contributed by atoms with Gasteiger partial charge in [0.2, 0.25) is 0 Å². The van der Waals surface area contributed by atoms with Gasteiger partial charge in [0.25, 0.3) is 5.91 Å². The van der Waals surface area contributed by atoms with Crippen LogP contribution in [0.3, 0.4) is 0 Å².